The fourth-order valence-electron chi connectivity index (χ4n) is 5.12. The van der Waals surface area contributed by atoms with Gasteiger partial charge in [-0.3, -0.25) is 14.6 Å². The second kappa shape index (κ2) is 7.88. The summed E-state index contributed by atoms with van der Waals surface area (Å²) in [5.41, 5.74) is 7.15. The highest BCUT2D eigenvalue weighted by atomic mass is 16.1. The maximum Gasteiger partial charge on any atom is 0.235 e. The summed E-state index contributed by atoms with van der Waals surface area (Å²) < 4.78 is 0. The number of likely N-dealkylation sites (tertiary alicyclic amines) is 1. The van der Waals surface area contributed by atoms with E-state index in [0.29, 0.717) is 17.9 Å². The Morgan fingerprint density at radius 3 is 2.64 bits per heavy atom. The van der Waals surface area contributed by atoms with Crippen LogP contribution in [0.4, 0.5) is 0 Å². The van der Waals surface area contributed by atoms with Gasteiger partial charge in [-0.05, 0) is 43.2 Å². The predicted molar refractivity (Wildman–Crippen MR) is 102 cm³/mol. The molecule has 138 valence electrons. The molecule has 1 aliphatic heterocycles. The van der Waals surface area contributed by atoms with Crippen molar-refractivity contribution in [3.05, 3.63) is 35.9 Å². The third-order valence-electron chi connectivity index (χ3n) is 6.58. The number of fused-ring (bicyclic) bond motifs is 1. The summed E-state index contributed by atoms with van der Waals surface area (Å²) in [6.07, 6.45) is 3.46. The molecule has 1 heterocycles. The number of hydrogen-bond acceptors (Lipinski definition) is 3. The van der Waals surface area contributed by atoms with E-state index in [1.54, 1.807) is 0 Å². The van der Waals surface area contributed by atoms with Crippen LogP contribution in [0.15, 0.2) is 30.3 Å². The molecule has 1 aliphatic carbocycles. The molecule has 0 spiro atoms. The lowest BCUT2D eigenvalue weighted by atomic mass is 9.92. The highest BCUT2D eigenvalue weighted by Crippen LogP contribution is 2.41. The minimum absolute atomic E-state index is 0.142. The first-order valence-electron chi connectivity index (χ1n) is 9.78. The van der Waals surface area contributed by atoms with Gasteiger partial charge in [0.2, 0.25) is 5.91 Å². The lowest BCUT2D eigenvalue weighted by molar-refractivity contribution is -0.125. The smallest absolute Gasteiger partial charge is 0.235 e. The number of benzene rings is 1. The molecule has 1 saturated carbocycles. The molecule has 0 bridgehead atoms. The molecule has 0 radical (unpaired) electrons. The summed E-state index contributed by atoms with van der Waals surface area (Å²) in [6, 6.07) is 11.1. The summed E-state index contributed by atoms with van der Waals surface area (Å²) in [6.45, 7) is 7.65. The van der Waals surface area contributed by atoms with Crippen LogP contribution in [-0.2, 0) is 11.3 Å². The number of nitrogens with zero attached hydrogens (tertiary/aromatic N) is 2. The molecule has 2 aliphatic rings. The largest absolute Gasteiger partial charge is 0.368 e. The van der Waals surface area contributed by atoms with Crippen molar-refractivity contribution in [2.45, 2.75) is 51.7 Å². The second-order valence-corrected chi connectivity index (χ2v) is 8.15. The number of nitrogens with two attached hydrogens (primary N) is 1. The van der Waals surface area contributed by atoms with Crippen LogP contribution in [0.5, 0.6) is 0 Å². The summed E-state index contributed by atoms with van der Waals surface area (Å²) in [4.78, 5) is 17.0. The fourth-order valence-corrected chi connectivity index (χ4v) is 5.12. The molecule has 4 nitrogen and oxygen atoms in total. The van der Waals surface area contributed by atoms with E-state index in [2.05, 4.69) is 61.0 Å². The van der Waals surface area contributed by atoms with Crippen molar-refractivity contribution in [2.75, 3.05) is 20.1 Å². The SMILES string of the molecule is CCC(C)[C@@H](C(N)=O)N(C)[C@H]1CC[C@@H]2CN(Cc3ccccc3)C[C@@H]21. The van der Waals surface area contributed by atoms with Crippen molar-refractivity contribution >= 4 is 5.91 Å². The van der Waals surface area contributed by atoms with Crippen molar-refractivity contribution in [1.29, 1.82) is 0 Å². The standard InChI is InChI=1S/C21H33N3O/c1-4-15(2)20(21(22)25)23(3)19-11-10-17-13-24(14-18(17)19)12-16-8-6-5-7-9-16/h5-9,15,17-20H,4,10-14H2,1-3H3,(H2,22,25)/t15?,17-,18+,19+,20+/m1/s1. The van der Waals surface area contributed by atoms with Gasteiger partial charge in [-0.2, -0.15) is 0 Å². The lowest BCUT2D eigenvalue weighted by Crippen LogP contribution is -2.52. The van der Waals surface area contributed by atoms with Gasteiger partial charge in [-0.1, -0.05) is 50.6 Å². The summed E-state index contributed by atoms with van der Waals surface area (Å²) in [5.74, 6) is 1.57. The van der Waals surface area contributed by atoms with Crippen molar-refractivity contribution in [2.24, 2.45) is 23.5 Å². The van der Waals surface area contributed by atoms with Gasteiger partial charge in [0.15, 0.2) is 0 Å². The van der Waals surface area contributed by atoms with Crippen LogP contribution in [0.25, 0.3) is 0 Å². The van der Waals surface area contributed by atoms with Crippen LogP contribution in [0.1, 0.15) is 38.7 Å². The zero-order valence-electron chi connectivity index (χ0n) is 15.9. The van der Waals surface area contributed by atoms with E-state index in [0.717, 1.165) is 25.4 Å². The lowest BCUT2D eigenvalue weighted by Gasteiger charge is -2.37. The Hall–Kier alpha value is -1.39. The zero-order valence-corrected chi connectivity index (χ0v) is 15.9. The van der Waals surface area contributed by atoms with Crippen LogP contribution in [0.3, 0.4) is 0 Å². The predicted octanol–water partition coefficient (Wildman–Crippen LogP) is 2.73. The maximum absolute atomic E-state index is 12.1. The van der Waals surface area contributed by atoms with Crippen molar-refractivity contribution in [1.82, 2.24) is 9.80 Å². The normalized spacial score (nSPS) is 28.9. The number of rotatable bonds is 7. The first-order chi connectivity index (χ1) is 12.0. The molecule has 1 aromatic rings. The second-order valence-electron chi connectivity index (χ2n) is 8.15. The molecule has 1 amide bonds. The minimum Gasteiger partial charge on any atom is -0.368 e. The Morgan fingerprint density at radius 1 is 1.28 bits per heavy atom. The van der Waals surface area contributed by atoms with Gasteiger partial charge < -0.3 is 5.73 Å². The molecule has 25 heavy (non-hydrogen) atoms. The Morgan fingerprint density at radius 2 is 2.00 bits per heavy atom. The van der Waals surface area contributed by atoms with Crippen molar-refractivity contribution in [3.8, 4) is 0 Å². The molecule has 2 fully saturated rings. The quantitative estimate of drug-likeness (QED) is 0.828. The number of hydrogen-bond donors (Lipinski definition) is 1. The Balaban J connectivity index is 1.66. The van der Waals surface area contributed by atoms with E-state index in [4.69, 9.17) is 5.73 Å². The summed E-state index contributed by atoms with van der Waals surface area (Å²) >= 11 is 0. The monoisotopic (exact) mass is 343 g/mol. The Labute approximate surface area is 152 Å². The van der Waals surface area contributed by atoms with Crippen LogP contribution >= 0.6 is 0 Å². The first-order valence-corrected chi connectivity index (χ1v) is 9.78. The number of carbonyl (C=O) groups is 1. The van der Waals surface area contributed by atoms with Gasteiger partial charge in [0.05, 0.1) is 6.04 Å². The summed E-state index contributed by atoms with van der Waals surface area (Å²) in [7, 11) is 2.12. The average molecular weight is 344 g/mol. The molecule has 2 N–H and O–H groups in total. The topological polar surface area (TPSA) is 49.6 Å². The third-order valence-corrected chi connectivity index (χ3v) is 6.58. The molecule has 4 heteroatoms. The molecule has 1 aromatic carbocycles. The number of primary amides is 1. The van der Waals surface area contributed by atoms with Crippen molar-refractivity contribution in [3.63, 3.8) is 0 Å². The van der Waals surface area contributed by atoms with Gasteiger partial charge in [0, 0.05) is 25.7 Å². The van der Waals surface area contributed by atoms with E-state index in [9.17, 15) is 4.79 Å². The maximum atomic E-state index is 12.1. The molecule has 1 saturated heterocycles. The summed E-state index contributed by atoms with van der Waals surface area (Å²) in [5, 5.41) is 0. The van der Waals surface area contributed by atoms with Gasteiger partial charge in [-0.25, -0.2) is 0 Å². The number of likely N-dealkylation sites (N-methyl/N-ethyl adjacent to an activating group) is 1. The van der Waals surface area contributed by atoms with E-state index >= 15 is 0 Å². The van der Waals surface area contributed by atoms with Crippen LogP contribution in [-0.4, -0.2) is 47.9 Å². The van der Waals surface area contributed by atoms with E-state index < -0.39 is 0 Å². The van der Waals surface area contributed by atoms with Gasteiger partial charge in [0.25, 0.3) is 0 Å². The number of carbonyl (C=O) groups excluding carboxylic acids is 1. The number of amides is 1. The van der Waals surface area contributed by atoms with Gasteiger partial charge in [-0.15, -0.1) is 0 Å². The van der Waals surface area contributed by atoms with Gasteiger partial charge in [0.1, 0.15) is 0 Å². The van der Waals surface area contributed by atoms with E-state index in [-0.39, 0.29) is 11.9 Å². The molecule has 3 rings (SSSR count). The zero-order chi connectivity index (χ0) is 18.0. The molecule has 1 unspecified atom stereocenters. The highest BCUT2D eigenvalue weighted by Gasteiger charge is 2.46. The molecule has 5 atom stereocenters. The first kappa shape index (κ1) is 18.4. The van der Waals surface area contributed by atoms with Crippen molar-refractivity contribution < 1.29 is 4.79 Å². The van der Waals surface area contributed by atoms with E-state index in [1.165, 1.54) is 24.9 Å². The molecular weight excluding hydrogens is 310 g/mol. The fraction of sp³-hybridized carbons (Fsp3) is 0.667. The Kier molecular flexibility index (Phi) is 5.80. The highest BCUT2D eigenvalue weighted by molar-refractivity contribution is 5.80. The van der Waals surface area contributed by atoms with Gasteiger partial charge >= 0.3 is 0 Å². The third kappa shape index (κ3) is 3.90. The molecule has 0 aromatic heterocycles. The van der Waals surface area contributed by atoms with Crippen LogP contribution in [0, 0.1) is 17.8 Å². The van der Waals surface area contributed by atoms with E-state index in [1.807, 2.05) is 0 Å². The van der Waals surface area contributed by atoms with Crippen LogP contribution in [0.2, 0.25) is 0 Å². The Bertz CT molecular complexity index is 576. The van der Waals surface area contributed by atoms with Crippen LogP contribution < -0.4 is 5.73 Å². The minimum atomic E-state index is -0.167. The molecular formula is C21H33N3O. The average Bonchev–Trinajstić information content (AvgIpc) is 3.15.